The Morgan fingerprint density at radius 1 is 1.32 bits per heavy atom. The van der Waals surface area contributed by atoms with Crippen LogP contribution >= 0.6 is 11.3 Å². The van der Waals surface area contributed by atoms with Crippen LogP contribution in [0.5, 0.6) is 0 Å². The number of rotatable bonds is 6. The van der Waals surface area contributed by atoms with E-state index in [9.17, 15) is 0 Å². The van der Waals surface area contributed by atoms with Gasteiger partial charge in [-0.25, -0.2) is 4.98 Å². The van der Waals surface area contributed by atoms with E-state index in [2.05, 4.69) is 31.1 Å². The molecule has 1 aromatic heterocycles. The van der Waals surface area contributed by atoms with Gasteiger partial charge in [0, 0.05) is 10.9 Å². The lowest BCUT2D eigenvalue weighted by Gasteiger charge is -2.34. The zero-order chi connectivity index (χ0) is 13.7. The largest absolute Gasteiger partial charge is 0.309 e. The van der Waals surface area contributed by atoms with Crippen molar-refractivity contribution >= 4 is 11.3 Å². The van der Waals surface area contributed by atoms with E-state index in [0.29, 0.717) is 6.04 Å². The fourth-order valence-electron chi connectivity index (χ4n) is 3.31. The first-order valence-corrected chi connectivity index (χ1v) is 8.77. The van der Waals surface area contributed by atoms with Gasteiger partial charge in [0.1, 0.15) is 0 Å². The average molecular weight is 280 g/mol. The topological polar surface area (TPSA) is 24.9 Å². The summed E-state index contributed by atoms with van der Waals surface area (Å²) in [5.74, 6) is 1.79. The average Bonchev–Trinajstić information content (AvgIpc) is 2.86. The van der Waals surface area contributed by atoms with Crippen LogP contribution in [0.1, 0.15) is 69.0 Å². The molecule has 1 heterocycles. The second-order valence-corrected chi connectivity index (χ2v) is 6.81. The molecule has 1 unspecified atom stereocenters. The summed E-state index contributed by atoms with van der Waals surface area (Å²) >= 11 is 1.83. The lowest BCUT2D eigenvalue weighted by Crippen LogP contribution is -2.31. The monoisotopic (exact) mass is 280 g/mol. The summed E-state index contributed by atoms with van der Waals surface area (Å²) in [5, 5.41) is 3.79. The lowest BCUT2D eigenvalue weighted by molar-refractivity contribution is 0.220. The minimum atomic E-state index is 0.547. The molecular weight excluding hydrogens is 252 g/mol. The maximum absolute atomic E-state index is 4.45. The van der Waals surface area contributed by atoms with Gasteiger partial charge in [0.05, 0.1) is 11.2 Å². The molecule has 0 aliphatic heterocycles. The molecule has 1 fully saturated rings. The van der Waals surface area contributed by atoms with Gasteiger partial charge < -0.3 is 5.32 Å². The lowest BCUT2D eigenvalue weighted by atomic mass is 9.77. The summed E-state index contributed by atoms with van der Waals surface area (Å²) < 4.78 is 0. The Labute approximate surface area is 122 Å². The number of aromatic nitrogens is 1. The predicted octanol–water partition coefficient (Wildman–Crippen LogP) is 4.71. The Hall–Kier alpha value is -0.410. The van der Waals surface area contributed by atoms with E-state index in [0.717, 1.165) is 18.4 Å². The fourth-order valence-corrected chi connectivity index (χ4v) is 4.28. The first-order valence-electron chi connectivity index (χ1n) is 7.89. The molecule has 1 aliphatic rings. The first kappa shape index (κ1) is 15.0. The third kappa shape index (κ3) is 3.79. The second kappa shape index (κ2) is 7.39. The molecule has 2 nitrogen and oxygen atoms in total. The van der Waals surface area contributed by atoms with Crippen molar-refractivity contribution in [2.45, 2.75) is 65.3 Å². The Bertz CT molecular complexity index is 367. The highest BCUT2D eigenvalue weighted by atomic mass is 32.1. The van der Waals surface area contributed by atoms with Crippen molar-refractivity contribution < 1.29 is 0 Å². The van der Waals surface area contributed by atoms with Crippen LogP contribution in [0.3, 0.4) is 0 Å². The predicted molar refractivity (Wildman–Crippen MR) is 83.6 cm³/mol. The molecule has 0 spiro atoms. The Morgan fingerprint density at radius 2 is 2.05 bits per heavy atom. The quantitative estimate of drug-likeness (QED) is 0.816. The number of aryl methyl sites for hydroxylation is 1. The third-order valence-electron chi connectivity index (χ3n) is 4.62. The highest BCUT2D eigenvalue weighted by molar-refractivity contribution is 7.09. The SMILES string of the molecule is CCCNC(c1scnc1C)C1CCC(CC)CC1. The smallest absolute Gasteiger partial charge is 0.0798 e. The van der Waals surface area contributed by atoms with Gasteiger partial charge in [-0.15, -0.1) is 11.3 Å². The second-order valence-electron chi connectivity index (χ2n) is 5.92. The van der Waals surface area contributed by atoms with Gasteiger partial charge >= 0.3 is 0 Å². The molecule has 108 valence electrons. The van der Waals surface area contributed by atoms with E-state index in [1.807, 2.05) is 16.8 Å². The van der Waals surface area contributed by atoms with Crippen LogP contribution in [0.25, 0.3) is 0 Å². The van der Waals surface area contributed by atoms with Crippen LogP contribution < -0.4 is 5.32 Å². The van der Waals surface area contributed by atoms with Crippen molar-refractivity contribution in [1.29, 1.82) is 0 Å². The molecule has 1 aliphatic carbocycles. The molecule has 1 atom stereocenters. The molecule has 2 rings (SSSR count). The molecule has 1 aromatic rings. The van der Waals surface area contributed by atoms with Gasteiger partial charge in [-0.2, -0.15) is 0 Å². The summed E-state index contributed by atoms with van der Waals surface area (Å²) in [4.78, 5) is 5.93. The van der Waals surface area contributed by atoms with Crippen molar-refractivity contribution in [1.82, 2.24) is 10.3 Å². The Kier molecular flexibility index (Phi) is 5.83. The molecule has 0 bridgehead atoms. The zero-order valence-electron chi connectivity index (χ0n) is 12.6. The van der Waals surface area contributed by atoms with Crippen molar-refractivity contribution in [3.05, 3.63) is 16.1 Å². The molecule has 0 aromatic carbocycles. The molecular formula is C16H28N2S. The third-order valence-corrected chi connectivity index (χ3v) is 5.63. The Balaban J connectivity index is 2.04. The summed E-state index contributed by atoms with van der Waals surface area (Å²) in [6.07, 6.45) is 8.18. The van der Waals surface area contributed by atoms with Gasteiger partial charge in [0.25, 0.3) is 0 Å². The standard InChI is InChI=1S/C16H28N2S/c1-4-10-17-15(16-12(3)18-11-19-16)14-8-6-13(5-2)7-9-14/h11,13-15,17H,4-10H2,1-3H3. The molecule has 0 amide bonds. The number of hydrogen-bond donors (Lipinski definition) is 1. The van der Waals surface area contributed by atoms with Crippen LogP contribution in [0.2, 0.25) is 0 Å². The van der Waals surface area contributed by atoms with Gasteiger partial charge in [-0.1, -0.05) is 33.1 Å². The molecule has 1 N–H and O–H groups in total. The van der Waals surface area contributed by atoms with Gasteiger partial charge in [-0.3, -0.25) is 0 Å². The van der Waals surface area contributed by atoms with E-state index in [1.165, 1.54) is 49.1 Å². The van der Waals surface area contributed by atoms with Crippen LogP contribution in [0.4, 0.5) is 0 Å². The van der Waals surface area contributed by atoms with Gasteiger partial charge in [-0.05, 0) is 44.6 Å². The van der Waals surface area contributed by atoms with Crippen molar-refractivity contribution in [3.8, 4) is 0 Å². The molecule has 1 saturated carbocycles. The number of hydrogen-bond acceptors (Lipinski definition) is 3. The number of thiazole rings is 1. The summed E-state index contributed by atoms with van der Waals surface area (Å²) in [5.41, 5.74) is 3.24. The maximum atomic E-state index is 4.45. The molecule has 0 radical (unpaired) electrons. The van der Waals surface area contributed by atoms with Crippen LogP contribution in [-0.2, 0) is 0 Å². The van der Waals surface area contributed by atoms with Gasteiger partial charge in [0.2, 0.25) is 0 Å². The summed E-state index contributed by atoms with van der Waals surface area (Å²) in [7, 11) is 0. The Morgan fingerprint density at radius 3 is 2.58 bits per heavy atom. The van der Waals surface area contributed by atoms with Crippen molar-refractivity contribution in [3.63, 3.8) is 0 Å². The minimum Gasteiger partial charge on any atom is -0.309 e. The zero-order valence-corrected chi connectivity index (χ0v) is 13.4. The highest BCUT2D eigenvalue weighted by Gasteiger charge is 2.29. The van der Waals surface area contributed by atoms with E-state index in [1.54, 1.807) is 0 Å². The van der Waals surface area contributed by atoms with Crippen molar-refractivity contribution in [2.75, 3.05) is 6.54 Å². The maximum Gasteiger partial charge on any atom is 0.0798 e. The van der Waals surface area contributed by atoms with E-state index in [-0.39, 0.29) is 0 Å². The van der Waals surface area contributed by atoms with E-state index in [4.69, 9.17) is 0 Å². The minimum absolute atomic E-state index is 0.547. The molecule has 19 heavy (non-hydrogen) atoms. The normalized spacial score (nSPS) is 25.4. The number of nitrogens with zero attached hydrogens (tertiary/aromatic N) is 1. The summed E-state index contributed by atoms with van der Waals surface area (Å²) in [6, 6.07) is 0.547. The van der Waals surface area contributed by atoms with E-state index >= 15 is 0 Å². The fraction of sp³-hybridized carbons (Fsp3) is 0.812. The van der Waals surface area contributed by atoms with Crippen LogP contribution in [0.15, 0.2) is 5.51 Å². The van der Waals surface area contributed by atoms with Crippen LogP contribution in [-0.4, -0.2) is 11.5 Å². The number of nitrogens with one attached hydrogen (secondary N) is 1. The van der Waals surface area contributed by atoms with Crippen LogP contribution in [0, 0.1) is 18.8 Å². The highest BCUT2D eigenvalue weighted by Crippen LogP contribution is 2.39. The van der Waals surface area contributed by atoms with Crippen molar-refractivity contribution in [2.24, 2.45) is 11.8 Å². The van der Waals surface area contributed by atoms with Gasteiger partial charge in [0.15, 0.2) is 0 Å². The molecule has 3 heteroatoms. The molecule has 0 saturated heterocycles. The first-order chi connectivity index (χ1) is 9.26. The summed E-state index contributed by atoms with van der Waals surface area (Å²) in [6.45, 7) is 7.86. The van der Waals surface area contributed by atoms with E-state index < -0.39 is 0 Å².